The Bertz CT molecular complexity index is 1650. The second-order valence-corrected chi connectivity index (χ2v) is 15.7. The zero-order valence-electron chi connectivity index (χ0n) is 31.4. The molecule has 0 saturated heterocycles. The smallest absolute Gasteiger partial charge is 0.407 e. The highest BCUT2D eigenvalue weighted by molar-refractivity contribution is 5.80. The van der Waals surface area contributed by atoms with Gasteiger partial charge in [-0.25, -0.2) is 9.59 Å². The third-order valence-electron chi connectivity index (χ3n) is 12.2. The third kappa shape index (κ3) is 8.82. The Hall–Kier alpha value is -4.66. The molecule has 2 saturated carbocycles. The van der Waals surface area contributed by atoms with Gasteiger partial charge in [0.25, 0.3) is 0 Å². The van der Waals surface area contributed by atoms with Gasteiger partial charge >= 0.3 is 12.2 Å². The number of hydrogen-bond donors (Lipinski definition) is 4. The van der Waals surface area contributed by atoms with Crippen LogP contribution in [0.15, 0.2) is 97.1 Å². The van der Waals surface area contributed by atoms with E-state index in [-0.39, 0.29) is 24.0 Å². The molecule has 284 valence electrons. The van der Waals surface area contributed by atoms with Crippen LogP contribution < -0.4 is 22.1 Å². The molecule has 54 heavy (non-hydrogen) atoms. The molecule has 0 aliphatic heterocycles. The van der Waals surface area contributed by atoms with E-state index in [0.717, 1.165) is 25.9 Å². The van der Waals surface area contributed by atoms with Crippen molar-refractivity contribution in [3.8, 4) is 22.3 Å². The zero-order valence-corrected chi connectivity index (χ0v) is 31.4. The Balaban J connectivity index is 0.000000167. The lowest BCUT2D eigenvalue weighted by Gasteiger charge is -2.28. The number of benzene rings is 4. The highest BCUT2D eigenvalue weighted by Crippen LogP contribution is 2.45. The summed E-state index contributed by atoms with van der Waals surface area (Å²) in [5, 5.41) is 5.93. The molecule has 0 heterocycles. The van der Waals surface area contributed by atoms with Gasteiger partial charge in [0, 0.05) is 24.9 Å². The van der Waals surface area contributed by atoms with Crippen LogP contribution in [0.4, 0.5) is 9.59 Å². The Morgan fingerprint density at radius 1 is 0.500 bits per heavy atom. The van der Waals surface area contributed by atoms with Crippen molar-refractivity contribution < 1.29 is 19.1 Å². The van der Waals surface area contributed by atoms with Gasteiger partial charge in [0.1, 0.15) is 13.2 Å². The predicted octanol–water partition coefficient (Wildman–Crippen LogP) is 8.58. The third-order valence-corrected chi connectivity index (χ3v) is 12.2. The summed E-state index contributed by atoms with van der Waals surface area (Å²) in [4.78, 5) is 24.5. The van der Waals surface area contributed by atoms with Crippen LogP contribution in [-0.4, -0.2) is 51.6 Å². The van der Waals surface area contributed by atoms with Crippen LogP contribution in [-0.2, 0) is 9.47 Å². The number of nitrogens with one attached hydrogen (secondary N) is 2. The van der Waals surface area contributed by atoms with Gasteiger partial charge in [-0.15, -0.1) is 0 Å². The molecule has 4 aliphatic carbocycles. The monoisotopic (exact) mass is 728 g/mol. The van der Waals surface area contributed by atoms with Crippen LogP contribution in [0.25, 0.3) is 22.3 Å². The maximum atomic E-state index is 12.3. The molecular weight excluding hydrogens is 673 g/mol. The van der Waals surface area contributed by atoms with E-state index >= 15 is 0 Å². The van der Waals surface area contributed by atoms with Crippen molar-refractivity contribution in [1.29, 1.82) is 0 Å². The lowest BCUT2D eigenvalue weighted by molar-refractivity contribution is 0.138. The Morgan fingerprint density at radius 3 is 1.15 bits per heavy atom. The van der Waals surface area contributed by atoms with Gasteiger partial charge in [0.05, 0.1) is 0 Å². The summed E-state index contributed by atoms with van der Waals surface area (Å²) in [5.74, 6) is 2.47. The fraction of sp³-hybridized carbons (Fsp3) is 0.435. The molecule has 6 N–H and O–H groups in total. The normalized spacial score (nSPS) is 21.4. The first-order chi connectivity index (χ1) is 26.5. The second kappa shape index (κ2) is 18.1. The quantitative estimate of drug-likeness (QED) is 0.130. The van der Waals surface area contributed by atoms with E-state index in [9.17, 15) is 9.59 Å². The van der Waals surface area contributed by atoms with Crippen LogP contribution in [0.3, 0.4) is 0 Å². The van der Waals surface area contributed by atoms with E-state index in [1.165, 1.54) is 83.0 Å². The molecule has 0 spiro atoms. The molecule has 2 amide bonds. The van der Waals surface area contributed by atoms with Crippen molar-refractivity contribution in [2.24, 2.45) is 35.1 Å². The molecule has 4 aromatic carbocycles. The summed E-state index contributed by atoms with van der Waals surface area (Å²) in [6.45, 7) is 3.62. The van der Waals surface area contributed by atoms with Crippen molar-refractivity contribution in [2.75, 3.05) is 39.4 Å². The summed E-state index contributed by atoms with van der Waals surface area (Å²) in [6.07, 6.45) is 8.78. The topological polar surface area (TPSA) is 129 Å². The number of fused-ring (bicyclic) bond motifs is 6. The number of ether oxygens (including phenoxy) is 2. The van der Waals surface area contributed by atoms with Crippen LogP contribution in [0, 0.1) is 23.7 Å². The maximum Gasteiger partial charge on any atom is 0.407 e. The molecule has 8 nitrogen and oxygen atoms in total. The van der Waals surface area contributed by atoms with Crippen LogP contribution in [0.5, 0.6) is 0 Å². The zero-order chi connectivity index (χ0) is 37.3. The van der Waals surface area contributed by atoms with E-state index in [1.54, 1.807) is 0 Å². The molecule has 0 aromatic heterocycles. The highest BCUT2D eigenvalue weighted by atomic mass is 16.6. The minimum absolute atomic E-state index is 0.111. The van der Waals surface area contributed by atoms with Crippen molar-refractivity contribution in [3.05, 3.63) is 119 Å². The molecule has 8 rings (SSSR count). The average molecular weight is 729 g/mol. The maximum absolute atomic E-state index is 12.3. The molecule has 2 fully saturated rings. The highest BCUT2D eigenvalue weighted by Gasteiger charge is 2.31. The Morgan fingerprint density at radius 2 is 0.815 bits per heavy atom. The van der Waals surface area contributed by atoms with Gasteiger partial charge in [-0.2, -0.15) is 0 Å². The van der Waals surface area contributed by atoms with Crippen LogP contribution in [0.1, 0.15) is 85.5 Å². The first-order valence-corrected chi connectivity index (χ1v) is 20.1. The number of alkyl carbamates (subject to hydrolysis) is 2. The van der Waals surface area contributed by atoms with Gasteiger partial charge in [-0.1, -0.05) is 110 Å². The lowest BCUT2D eigenvalue weighted by atomic mass is 9.81. The van der Waals surface area contributed by atoms with Gasteiger partial charge in [0.15, 0.2) is 0 Å². The van der Waals surface area contributed by atoms with E-state index in [4.69, 9.17) is 20.9 Å². The van der Waals surface area contributed by atoms with E-state index in [2.05, 4.69) is 108 Å². The van der Waals surface area contributed by atoms with Crippen molar-refractivity contribution in [1.82, 2.24) is 10.6 Å². The summed E-state index contributed by atoms with van der Waals surface area (Å²) < 4.78 is 11.2. The fourth-order valence-corrected chi connectivity index (χ4v) is 9.36. The van der Waals surface area contributed by atoms with Crippen molar-refractivity contribution in [3.63, 3.8) is 0 Å². The van der Waals surface area contributed by atoms with Crippen LogP contribution >= 0.6 is 0 Å². The SMILES string of the molecule is NC[C@@H]1CCC[C@H](CNC(=O)OCC2c3ccccc3-c3ccccc32)C1.NC[C@H]1CCC[C@@H](CNC(=O)OCC2c3ccccc3-c3ccccc32)C1. The first-order valence-electron chi connectivity index (χ1n) is 20.1. The largest absolute Gasteiger partial charge is 0.449 e. The van der Waals surface area contributed by atoms with E-state index in [1.807, 2.05) is 0 Å². The Kier molecular flexibility index (Phi) is 12.6. The summed E-state index contributed by atoms with van der Waals surface area (Å²) in [7, 11) is 0. The summed E-state index contributed by atoms with van der Waals surface area (Å²) in [6, 6.07) is 33.6. The molecule has 0 bridgehead atoms. The molecule has 4 atom stereocenters. The number of nitrogens with two attached hydrogens (primary N) is 2. The average Bonchev–Trinajstić information content (AvgIpc) is 3.73. The number of rotatable bonds is 10. The Labute approximate surface area is 320 Å². The van der Waals surface area contributed by atoms with Crippen molar-refractivity contribution >= 4 is 12.2 Å². The molecule has 8 heteroatoms. The van der Waals surface area contributed by atoms with Crippen molar-refractivity contribution in [2.45, 2.75) is 63.2 Å². The number of carbonyl (C=O) groups excluding carboxylic acids is 2. The first kappa shape index (κ1) is 37.6. The minimum Gasteiger partial charge on any atom is -0.449 e. The molecule has 0 radical (unpaired) electrons. The summed E-state index contributed by atoms with van der Waals surface area (Å²) >= 11 is 0. The van der Waals surface area contributed by atoms with Gasteiger partial charge in [-0.3, -0.25) is 0 Å². The minimum atomic E-state index is -0.313. The molecule has 4 aliphatic rings. The number of hydrogen-bond acceptors (Lipinski definition) is 6. The van der Waals surface area contributed by atoms with Gasteiger partial charge in [0.2, 0.25) is 0 Å². The molecule has 0 unspecified atom stereocenters. The fourth-order valence-electron chi connectivity index (χ4n) is 9.36. The van der Waals surface area contributed by atoms with Gasteiger partial charge in [-0.05, 0) is 120 Å². The van der Waals surface area contributed by atoms with E-state index in [0.29, 0.717) is 50.0 Å². The lowest BCUT2D eigenvalue weighted by Crippen LogP contribution is -2.34. The number of amides is 2. The predicted molar refractivity (Wildman–Crippen MR) is 215 cm³/mol. The second-order valence-electron chi connectivity index (χ2n) is 15.7. The molecule has 4 aromatic rings. The molecular formula is C46H56N4O4. The van der Waals surface area contributed by atoms with Crippen LogP contribution in [0.2, 0.25) is 0 Å². The summed E-state index contributed by atoms with van der Waals surface area (Å²) in [5.41, 5.74) is 21.6. The van der Waals surface area contributed by atoms with Gasteiger partial charge < -0.3 is 31.6 Å². The number of carbonyl (C=O) groups is 2. The van der Waals surface area contributed by atoms with E-state index < -0.39 is 0 Å². The standard InChI is InChI=1S/2C23H28N2O2/c2*24-13-16-6-5-7-17(12-16)14-25-23(26)27-15-22-20-10-3-1-8-18(20)19-9-2-4-11-21(19)22/h2*1-4,8-11,16-17,22H,5-7,12-15,24H2,(H,25,26)/t2*16-,17+/m10/s1.